The number of furan rings is 1. The molecule has 0 saturated heterocycles. The number of hydrogen-bond donors (Lipinski definition) is 1. The Morgan fingerprint density at radius 1 is 1.27 bits per heavy atom. The molecule has 1 N–H and O–H groups in total. The summed E-state index contributed by atoms with van der Waals surface area (Å²) in [4.78, 5) is 4.07. The third kappa shape index (κ3) is 2.67. The highest BCUT2D eigenvalue weighted by Gasteiger charge is 2.02. The number of nitrogens with zero attached hydrogens (tertiary/aromatic N) is 1. The van der Waals surface area contributed by atoms with Crippen molar-refractivity contribution in [1.82, 2.24) is 10.3 Å². The van der Waals surface area contributed by atoms with Crippen LogP contribution in [-0.4, -0.2) is 12.0 Å². The van der Waals surface area contributed by atoms with Crippen LogP contribution in [-0.2, 0) is 13.0 Å². The zero-order chi connectivity index (χ0) is 10.5. The molecule has 0 fully saturated rings. The van der Waals surface area contributed by atoms with E-state index in [0.717, 1.165) is 24.5 Å². The van der Waals surface area contributed by atoms with Crippen molar-refractivity contribution in [1.29, 1.82) is 0 Å². The average molecular weight is 202 g/mol. The van der Waals surface area contributed by atoms with Crippen LogP contribution in [0.25, 0.3) is 0 Å². The first-order valence-electron chi connectivity index (χ1n) is 4.99. The first kappa shape index (κ1) is 9.93. The normalized spacial score (nSPS) is 10.5. The molecule has 0 saturated carbocycles. The SMILES string of the molecule is CNCc1ccc(Cc2cccnc2)o1. The highest BCUT2D eigenvalue weighted by Crippen LogP contribution is 2.12. The number of nitrogens with one attached hydrogen (secondary N) is 1. The van der Waals surface area contributed by atoms with E-state index in [1.165, 1.54) is 5.56 Å². The van der Waals surface area contributed by atoms with Crippen LogP contribution in [0, 0.1) is 0 Å². The van der Waals surface area contributed by atoms with Crippen LogP contribution in [0.1, 0.15) is 17.1 Å². The molecule has 15 heavy (non-hydrogen) atoms. The van der Waals surface area contributed by atoms with Crippen LogP contribution in [0.4, 0.5) is 0 Å². The molecule has 0 unspecified atom stereocenters. The van der Waals surface area contributed by atoms with E-state index in [2.05, 4.69) is 10.3 Å². The molecule has 0 spiro atoms. The van der Waals surface area contributed by atoms with E-state index in [0.29, 0.717) is 0 Å². The molecule has 2 rings (SSSR count). The highest BCUT2D eigenvalue weighted by atomic mass is 16.3. The van der Waals surface area contributed by atoms with Crippen molar-refractivity contribution in [3.05, 3.63) is 53.7 Å². The van der Waals surface area contributed by atoms with E-state index < -0.39 is 0 Å². The maximum absolute atomic E-state index is 5.64. The van der Waals surface area contributed by atoms with Gasteiger partial charge in [0.25, 0.3) is 0 Å². The minimum atomic E-state index is 0.771. The van der Waals surface area contributed by atoms with Crippen molar-refractivity contribution in [3.8, 4) is 0 Å². The van der Waals surface area contributed by atoms with Crippen LogP contribution >= 0.6 is 0 Å². The van der Waals surface area contributed by atoms with Gasteiger partial charge in [-0.2, -0.15) is 0 Å². The molecular formula is C12H14N2O. The van der Waals surface area contributed by atoms with Crippen LogP contribution in [0.3, 0.4) is 0 Å². The van der Waals surface area contributed by atoms with Gasteiger partial charge in [0.15, 0.2) is 0 Å². The lowest BCUT2D eigenvalue weighted by atomic mass is 10.2. The Labute approximate surface area is 89.1 Å². The fourth-order valence-corrected chi connectivity index (χ4v) is 1.49. The molecule has 0 amide bonds. The summed E-state index contributed by atoms with van der Waals surface area (Å²) in [6.07, 6.45) is 4.44. The highest BCUT2D eigenvalue weighted by molar-refractivity contribution is 5.18. The monoisotopic (exact) mass is 202 g/mol. The molecule has 78 valence electrons. The second-order valence-corrected chi connectivity index (χ2v) is 3.44. The lowest BCUT2D eigenvalue weighted by Crippen LogP contribution is -2.03. The van der Waals surface area contributed by atoms with E-state index in [9.17, 15) is 0 Å². The molecule has 0 aromatic carbocycles. The van der Waals surface area contributed by atoms with Gasteiger partial charge in [-0.25, -0.2) is 0 Å². The number of aromatic nitrogens is 1. The van der Waals surface area contributed by atoms with Crippen molar-refractivity contribution in [2.45, 2.75) is 13.0 Å². The molecule has 2 aromatic heterocycles. The standard InChI is InChI=1S/C12H14N2O/c1-13-9-12-5-4-11(15-12)7-10-3-2-6-14-8-10/h2-6,8,13H,7,9H2,1H3. The van der Waals surface area contributed by atoms with Crippen molar-refractivity contribution in [3.63, 3.8) is 0 Å². The number of hydrogen-bond acceptors (Lipinski definition) is 3. The molecule has 3 nitrogen and oxygen atoms in total. The van der Waals surface area contributed by atoms with Crippen LogP contribution < -0.4 is 5.32 Å². The zero-order valence-corrected chi connectivity index (χ0v) is 8.73. The molecule has 3 heteroatoms. The zero-order valence-electron chi connectivity index (χ0n) is 8.73. The van der Waals surface area contributed by atoms with Gasteiger partial charge in [-0.05, 0) is 30.8 Å². The Morgan fingerprint density at radius 3 is 2.87 bits per heavy atom. The molecule has 2 heterocycles. The van der Waals surface area contributed by atoms with Crippen LogP contribution in [0.15, 0.2) is 41.1 Å². The quantitative estimate of drug-likeness (QED) is 0.823. The summed E-state index contributed by atoms with van der Waals surface area (Å²) in [5.41, 5.74) is 1.17. The summed E-state index contributed by atoms with van der Waals surface area (Å²) in [7, 11) is 1.91. The maximum atomic E-state index is 5.64. The third-order valence-electron chi connectivity index (χ3n) is 2.17. The first-order chi connectivity index (χ1) is 7.38. The molecular weight excluding hydrogens is 188 g/mol. The summed E-state index contributed by atoms with van der Waals surface area (Å²) >= 11 is 0. The molecule has 0 atom stereocenters. The van der Waals surface area contributed by atoms with Gasteiger partial charge in [0.1, 0.15) is 11.5 Å². The van der Waals surface area contributed by atoms with Crippen LogP contribution in [0.5, 0.6) is 0 Å². The fourth-order valence-electron chi connectivity index (χ4n) is 1.49. The van der Waals surface area contributed by atoms with Crippen LogP contribution in [0.2, 0.25) is 0 Å². The summed E-state index contributed by atoms with van der Waals surface area (Å²) in [6, 6.07) is 8.00. The lowest BCUT2D eigenvalue weighted by molar-refractivity contribution is 0.462. The average Bonchev–Trinajstić information content (AvgIpc) is 2.68. The Balaban J connectivity index is 2.05. The summed E-state index contributed by atoms with van der Waals surface area (Å²) in [5, 5.41) is 3.06. The molecule has 2 aromatic rings. The van der Waals surface area contributed by atoms with Gasteiger partial charge >= 0.3 is 0 Å². The topological polar surface area (TPSA) is 38.1 Å². The van der Waals surface area contributed by atoms with Gasteiger partial charge in [-0.3, -0.25) is 4.98 Å². The van der Waals surface area contributed by atoms with Gasteiger partial charge < -0.3 is 9.73 Å². The van der Waals surface area contributed by atoms with Gasteiger partial charge in [-0.1, -0.05) is 6.07 Å². The van der Waals surface area contributed by atoms with Gasteiger partial charge in [0.2, 0.25) is 0 Å². The van der Waals surface area contributed by atoms with E-state index in [1.807, 2.05) is 37.5 Å². The maximum Gasteiger partial charge on any atom is 0.117 e. The predicted molar refractivity (Wildman–Crippen MR) is 58.5 cm³/mol. The van der Waals surface area contributed by atoms with E-state index in [4.69, 9.17) is 4.42 Å². The van der Waals surface area contributed by atoms with Gasteiger partial charge in [0.05, 0.1) is 6.54 Å². The van der Waals surface area contributed by atoms with E-state index in [1.54, 1.807) is 6.20 Å². The van der Waals surface area contributed by atoms with E-state index in [-0.39, 0.29) is 0 Å². The van der Waals surface area contributed by atoms with Crippen molar-refractivity contribution < 1.29 is 4.42 Å². The summed E-state index contributed by atoms with van der Waals surface area (Å²) < 4.78 is 5.64. The Morgan fingerprint density at radius 2 is 2.13 bits per heavy atom. The van der Waals surface area contributed by atoms with Crippen molar-refractivity contribution >= 4 is 0 Å². The molecule has 0 aliphatic heterocycles. The summed E-state index contributed by atoms with van der Waals surface area (Å²) in [5.74, 6) is 1.95. The Kier molecular flexibility index (Phi) is 3.15. The Hall–Kier alpha value is -1.61. The lowest BCUT2D eigenvalue weighted by Gasteiger charge is -1.97. The Bertz CT molecular complexity index is 409. The van der Waals surface area contributed by atoms with Crippen molar-refractivity contribution in [2.24, 2.45) is 0 Å². The third-order valence-corrected chi connectivity index (χ3v) is 2.17. The first-order valence-corrected chi connectivity index (χ1v) is 4.99. The number of pyridine rings is 1. The second-order valence-electron chi connectivity index (χ2n) is 3.44. The molecule has 0 aliphatic carbocycles. The smallest absolute Gasteiger partial charge is 0.117 e. The molecule has 0 aliphatic rings. The largest absolute Gasteiger partial charge is 0.464 e. The second kappa shape index (κ2) is 4.75. The summed E-state index contributed by atoms with van der Waals surface area (Å²) in [6.45, 7) is 0.771. The van der Waals surface area contributed by atoms with Crippen molar-refractivity contribution in [2.75, 3.05) is 7.05 Å². The minimum absolute atomic E-state index is 0.771. The van der Waals surface area contributed by atoms with Gasteiger partial charge in [0, 0.05) is 18.8 Å². The predicted octanol–water partition coefficient (Wildman–Crippen LogP) is 1.98. The number of rotatable bonds is 4. The fraction of sp³-hybridized carbons (Fsp3) is 0.250. The van der Waals surface area contributed by atoms with Gasteiger partial charge in [-0.15, -0.1) is 0 Å². The molecule has 0 bridgehead atoms. The minimum Gasteiger partial charge on any atom is -0.464 e. The molecule has 0 radical (unpaired) electrons. The van der Waals surface area contributed by atoms with E-state index >= 15 is 0 Å².